The van der Waals surface area contributed by atoms with Crippen molar-refractivity contribution in [2.75, 3.05) is 0 Å². The fourth-order valence-corrected chi connectivity index (χ4v) is 2.46. The maximum Gasteiger partial charge on any atom is 0.308 e. The summed E-state index contributed by atoms with van der Waals surface area (Å²) < 4.78 is 0. The van der Waals surface area contributed by atoms with E-state index >= 15 is 0 Å². The molecule has 1 aromatic carbocycles. The Labute approximate surface area is 88.9 Å². The van der Waals surface area contributed by atoms with Gasteiger partial charge >= 0.3 is 5.97 Å². The fraction of sp³-hybridized carbons (Fsp3) is 0.417. The average molecular weight is 205 g/mol. The standard InChI is InChI=1S/C12H15NO2/c13-10-7-6-9(11(10)12(14)15)8-4-2-1-3-5-8/h1-5,9-11H,6-7,13H2,(H,14,15). The van der Waals surface area contributed by atoms with Gasteiger partial charge in [-0.1, -0.05) is 30.3 Å². The van der Waals surface area contributed by atoms with Crippen LogP contribution in [0.15, 0.2) is 30.3 Å². The van der Waals surface area contributed by atoms with Crippen molar-refractivity contribution in [1.82, 2.24) is 0 Å². The first kappa shape index (κ1) is 10.2. The molecule has 0 saturated heterocycles. The highest BCUT2D eigenvalue weighted by Gasteiger charge is 2.39. The van der Waals surface area contributed by atoms with Crippen LogP contribution in [-0.2, 0) is 4.79 Å². The molecule has 3 unspecified atom stereocenters. The van der Waals surface area contributed by atoms with Crippen LogP contribution in [0.3, 0.4) is 0 Å². The number of carbonyl (C=O) groups is 1. The van der Waals surface area contributed by atoms with Gasteiger partial charge in [-0.25, -0.2) is 0 Å². The van der Waals surface area contributed by atoms with Crippen LogP contribution < -0.4 is 5.73 Å². The fourth-order valence-electron chi connectivity index (χ4n) is 2.46. The van der Waals surface area contributed by atoms with Gasteiger partial charge in [0.05, 0.1) is 5.92 Å². The first-order chi connectivity index (χ1) is 7.20. The molecule has 2 rings (SSSR count). The molecular formula is C12H15NO2. The topological polar surface area (TPSA) is 63.3 Å². The van der Waals surface area contributed by atoms with Gasteiger partial charge in [0.25, 0.3) is 0 Å². The van der Waals surface area contributed by atoms with Gasteiger partial charge in [-0.3, -0.25) is 4.79 Å². The zero-order valence-electron chi connectivity index (χ0n) is 8.47. The first-order valence-electron chi connectivity index (χ1n) is 5.23. The molecule has 1 aliphatic carbocycles. The molecule has 0 aliphatic heterocycles. The Morgan fingerprint density at radius 1 is 1.27 bits per heavy atom. The van der Waals surface area contributed by atoms with Crippen molar-refractivity contribution < 1.29 is 9.90 Å². The maximum atomic E-state index is 11.1. The van der Waals surface area contributed by atoms with Gasteiger partial charge < -0.3 is 10.8 Å². The number of carboxylic acid groups (broad SMARTS) is 1. The zero-order valence-corrected chi connectivity index (χ0v) is 8.47. The molecular weight excluding hydrogens is 190 g/mol. The lowest BCUT2D eigenvalue weighted by Crippen LogP contribution is -2.33. The summed E-state index contributed by atoms with van der Waals surface area (Å²) in [6.07, 6.45) is 1.68. The minimum absolute atomic E-state index is 0.0821. The molecule has 0 spiro atoms. The molecule has 3 N–H and O–H groups in total. The van der Waals surface area contributed by atoms with Crippen molar-refractivity contribution in [3.63, 3.8) is 0 Å². The summed E-state index contributed by atoms with van der Waals surface area (Å²) in [5, 5.41) is 9.14. The minimum Gasteiger partial charge on any atom is -0.481 e. The Hall–Kier alpha value is -1.35. The molecule has 15 heavy (non-hydrogen) atoms. The number of carboxylic acids is 1. The predicted molar refractivity (Wildman–Crippen MR) is 57.5 cm³/mol. The van der Waals surface area contributed by atoms with Crippen molar-refractivity contribution in [3.8, 4) is 0 Å². The van der Waals surface area contributed by atoms with Gasteiger partial charge in [0.1, 0.15) is 0 Å². The monoisotopic (exact) mass is 205 g/mol. The molecule has 80 valence electrons. The molecule has 1 fully saturated rings. The summed E-state index contributed by atoms with van der Waals surface area (Å²) in [6, 6.07) is 9.59. The van der Waals surface area contributed by atoms with E-state index in [1.54, 1.807) is 0 Å². The van der Waals surface area contributed by atoms with Gasteiger partial charge in [-0.2, -0.15) is 0 Å². The quantitative estimate of drug-likeness (QED) is 0.770. The normalized spacial score (nSPS) is 30.3. The second-order valence-electron chi connectivity index (χ2n) is 4.12. The number of hydrogen-bond donors (Lipinski definition) is 2. The van der Waals surface area contributed by atoms with E-state index in [1.807, 2.05) is 30.3 Å². The third kappa shape index (κ3) is 1.88. The van der Waals surface area contributed by atoms with E-state index in [2.05, 4.69) is 0 Å². The van der Waals surface area contributed by atoms with Crippen LogP contribution in [0, 0.1) is 5.92 Å². The second-order valence-corrected chi connectivity index (χ2v) is 4.12. The van der Waals surface area contributed by atoms with E-state index < -0.39 is 11.9 Å². The second kappa shape index (κ2) is 4.03. The zero-order chi connectivity index (χ0) is 10.8. The third-order valence-corrected chi connectivity index (χ3v) is 3.22. The predicted octanol–water partition coefficient (Wildman–Crippen LogP) is 1.59. The molecule has 0 heterocycles. The summed E-state index contributed by atoms with van der Waals surface area (Å²) in [4.78, 5) is 11.1. The van der Waals surface area contributed by atoms with Gasteiger partial charge in [0, 0.05) is 6.04 Å². The van der Waals surface area contributed by atoms with Crippen LogP contribution in [0.1, 0.15) is 24.3 Å². The van der Waals surface area contributed by atoms with Crippen molar-refractivity contribution in [1.29, 1.82) is 0 Å². The van der Waals surface area contributed by atoms with Crippen molar-refractivity contribution in [3.05, 3.63) is 35.9 Å². The minimum atomic E-state index is -0.770. The maximum absolute atomic E-state index is 11.1. The molecule has 3 atom stereocenters. The van der Waals surface area contributed by atoms with Crippen LogP contribution >= 0.6 is 0 Å². The van der Waals surface area contributed by atoms with Crippen LogP contribution in [0.4, 0.5) is 0 Å². The summed E-state index contributed by atoms with van der Waals surface area (Å²) in [5.74, 6) is -1.11. The molecule has 0 bridgehead atoms. The van der Waals surface area contributed by atoms with Gasteiger partial charge in [0.15, 0.2) is 0 Å². The van der Waals surface area contributed by atoms with Gasteiger partial charge in [0.2, 0.25) is 0 Å². The molecule has 0 amide bonds. The number of rotatable bonds is 2. The summed E-state index contributed by atoms with van der Waals surface area (Å²) in [6.45, 7) is 0. The molecule has 0 aromatic heterocycles. The van der Waals surface area contributed by atoms with Crippen molar-refractivity contribution in [2.24, 2.45) is 11.7 Å². The van der Waals surface area contributed by atoms with Crippen LogP contribution in [0.5, 0.6) is 0 Å². The lowest BCUT2D eigenvalue weighted by atomic mass is 9.88. The van der Waals surface area contributed by atoms with Crippen LogP contribution in [0.25, 0.3) is 0 Å². The van der Waals surface area contributed by atoms with E-state index in [0.717, 1.165) is 18.4 Å². The largest absolute Gasteiger partial charge is 0.481 e. The Balaban J connectivity index is 2.26. The Morgan fingerprint density at radius 3 is 2.53 bits per heavy atom. The molecule has 0 radical (unpaired) electrons. The molecule has 1 aromatic rings. The van der Waals surface area contributed by atoms with Gasteiger partial charge in [-0.05, 0) is 24.3 Å². The molecule has 3 heteroatoms. The molecule has 3 nitrogen and oxygen atoms in total. The average Bonchev–Trinajstić information content (AvgIpc) is 2.61. The highest BCUT2D eigenvalue weighted by Crippen LogP contribution is 2.38. The van der Waals surface area contributed by atoms with E-state index in [1.165, 1.54) is 0 Å². The van der Waals surface area contributed by atoms with E-state index in [9.17, 15) is 4.79 Å². The van der Waals surface area contributed by atoms with E-state index in [4.69, 9.17) is 10.8 Å². The highest BCUT2D eigenvalue weighted by atomic mass is 16.4. The number of nitrogens with two attached hydrogens (primary N) is 1. The molecule has 1 aliphatic rings. The smallest absolute Gasteiger partial charge is 0.308 e. The lowest BCUT2D eigenvalue weighted by molar-refractivity contribution is -0.142. The summed E-state index contributed by atoms with van der Waals surface area (Å²) in [5.41, 5.74) is 6.92. The lowest BCUT2D eigenvalue weighted by Gasteiger charge is -2.18. The number of hydrogen-bond acceptors (Lipinski definition) is 2. The van der Waals surface area contributed by atoms with E-state index in [0.29, 0.717) is 0 Å². The van der Waals surface area contributed by atoms with Crippen molar-refractivity contribution in [2.45, 2.75) is 24.8 Å². The SMILES string of the molecule is NC1CCC(c2ccccc2)C1C(=O)O. The van der Waals surface area contributed by atoms with Crippen molar-refractivity contribution >= 4 is 5.97 Å². The number of benzene rings is 1. The first-order valence-corrected chi connectivity index (χ1v) is 5.23. The number of aliphatic carboxylic acids is 1. The van der Waals surface area contributed by atoms with Gasteiger partial charge in [-0.15, -0.1) is 0 Å². The Morgan fingerprint density at radius 2 is 1.93 bits per heavy atom. The summed E-state index contributed by atoms with van der Waals surface area (Å²) in [7, 11) is 0. The van der Waals surface area contributed by atoms with Crippen LogP contribution in [-0.4, -0.2) is 17.1 Å². The molecule has 1 saturated carbocycles. The van der Waals surface area contributed by atoms with E-state index in [-0.39, 0.29) is 12.0 Å². The summed E-state index contributed by atoms with van der Waals surface area (Å²) >= 11 is 0. The highest BCUT2D eigenvalue weighted by molar-refractivity contribution is 5.73. The third-order valence-electron chi connectivity index (χ3n) is 3.22. The Bertz CT molecular complexity index is 350. The van der Waals surface area contributed by atoms with Crippen LogP contribution in [0.2, 0.25) is 0 Å². The Kier molecular flexibility index (Phi) is 2.73.